The average molecular weight is 475 g/mol. The summed E-state index contributed by atoms with van der Waals surface area (Å²) in [5.74, 6) is 5.37. The Labute approximate surface area is 206 Å². The second-order valence-electron chi connectivity index (χ2n) is 8.60. The maximum Gasteiger partial charge on any atom is 0.267 e. The highest BCUT2D eigenvalue weighted by Crippen LogP contribution is 2.32. The lowest BCUT2D eigenvalue weighted by Gasteiger charge is -2.19. The SMILES string of the molecule is CCc1ccc(C(C=NC)NC(=O)C(=N)CN(N)CCNC(=O)C2=C(C)c3ccccc3C2)cc1. The molecule has 0 heterocycles. The fourth-order valence-corrected chi connectivity index (χ4v) is 4.09. The average Bonchev–Trinajstić information content (AvgIpc) is 3.20. The van der Waals surface area contributed by atoms with E-state index in [1.807, 2.05) is 55.5 Å². The summed E-state index contributed by atoms with van der Waals surface area (Å²) >= 11 is 0. The first-order valence-electron chi connectivity index (χ1n) is 11.8. The van der Waals surface area contributed by atoms with Gasteiger partial charge in [-0.3, -0.25) is 25.8 Å². The first kappa shape index (κ1) is 26.0. The van der Waals surface area contributed by atoms with Gasteiger partial charge in [0, 0.05) is 38.3 Å². The van der Waals surface area contributed by atoms with Crippen molar-refractivity contribution in [1.29, 1.82) is 5.41 Å². The molecule has 35 heavy (non-hydrogen) atoms. The van der Waals surface area contributed by atoms with Gasteiger partial charge in [-0.25, -0.2) is 5.01 Å². The van der Waals surface area contributed by atoms with Crippen LogP contribution in [0.5, 0.6) is 0 Å². The van der Waals surface area contributed by atoms with Gasteiger partial charge in [-0.1, -0.05) is 55.5 Å². The van der Waals surface area contributed by atoms with E-state index in [0.717, 1.165) is 34.3 Å². The summed E-state index contributed by atoms with van der Waals surface area (Å²) in [5, 5.41) is 15.2. The molecule has 0 aromatic heterocycles. The molecule has 0 fully saturated rings. The van der Waals surface area contributed by atoms with Gasteiger partial charge in [0.15, 0.2) is 0 Å². The molecule has 8 heteroatoms. The van der Waals surface area contributed by atoms with Gasteiger partial charge in [-0.05, 0) is 41.2 Å². The molecule has 1 aliphatic carbocycles. The molecule has 1 atom stereocenters. The van der Waals surface area contributed by atoms with E-state index in [4.69, 9.17) is 11.3 Å². The Balaban J connectivity index is 1.46. The Hall–Kier alpha value is -3.62. The van der Waals surface area contributed by atoms with Gasteiger partial charge >= 0.3 is 0 Å². The van der Waals surface area contributed by atoms with Crippen molar-refractivity contribution in [2.24, 2.45) is 10.8 Å². The zero-order valence-corrected chi connectivity index (χ0v) is 20.6. The molecule has 1 unspecified atom stereocenters. The van der Waals surface area contributed by atoms with E-state index in [1.165, 1.54) is 10.6 Å². The van der Waals surface area contributed by atoms with Crippen molar-refractivity contribution < 1.29 is 9.59 Å². The Morgan fingerprint density at radius 2 is 1.91 bits per heavy atom. The second kappa shape index (κ2) is 12.2. The molecule has 0 spiro atoms. The van der Waals surface area contributed by atoms with Crippen LogP contribution in [0.15, 0.2) is 59.1 Å². The topological polar surface area (TPSA) is 124 Å². The fraction of sp³-hybridized carbons (Fsp3) is 0.333. The van der Waals surface area contributed by atoms with Crippen LogP contribution < -0.4 is 16.5 Å². The molecule has 0 saturated carbocycles. The van der Waals surface area contributed by atoms with E-state index in [1.54, 1.807) is 13.3 Å². The summed E-state index contributed by atoms with van der Waals surface area (Å²) in [6.07, 6.45) is 3.19. The third-order valence-electron chi connectivity index (χ3n) is 6.17. The summed E-state index contributed by atoms with van der Waals surface area (Å²) in [5.41, 5.74) is 5.96. The highest BCUT2D eigenvalue weighted by Gasteiger charge is 2.23. The molecule has 1 aliphatic rings. The first-order valence-corrected chi connectivity index (χ1v) is 11.8. The summed E-state index contributed by atoms with van der Waals surface area (Å²) < 4.78 is 0. The predicted octanol–water partition coefficient (Wildman–Crippen LogP) is 2.45. The van der Waals surface area contributed by atoms with Crippen molar-refractivity contribution in [2.75, 3.05) is 26.7 Å². The van der Waals surface area contributed by atoms with Crippen LogP contribution in [0.4, 0.5) is 0 Å². The number of allylic oxidation sites excluding steroid dienone is 1. The molecular weight excluding hydrogens is 440 g/mol. The largest absolute Gasteiger partial charge is 0.351 e. The highest BCUT2D eigenvalue weighted by molar-refractivity contribution is 6.38. The van der Waals surface area contributed by atoms with E-state index in [-0.39, 0.29) is 18.2 Å². The number of rotatable bonds is 11. The molecule has 8 nitrogen and oxygen atoms in total. The second-order valence-corrected chi connectivity index (χ2v) is 8.60. The van der Waals surface area contributed by atoms with Crippen LogP contribution in [-0.4, -0.2) is 55.4 Å². The number of nitrogens with one attached hydrogen (secondary N) is 3. The van der Waals surface area contributed by atoms with E-state index in [2.05, 4.69) is 22.5 Å². The Bertz CT molecular complexity index is 1140. The van der Waals surface area contributed by atoms with E-state index >= 15 is 0 Å². The third-order valence-corrected chi connectivity index (χ3v) is 6.17. The number of aryl methyl sites for hydroxylation is 1. The van der Waals surface area contributed by atoms with Gasteiger partial charge in [-0.2, -0.15) is 0 Å². The van der Waals surface area contributed by atoms with Crippen molar-refractivity contribution in [1.82, 2.24) is 15.6 Å². The van der Waals surface area contributed by atoms with Crippen LogP contribution in [0.1, 0.15) is 42.1 Å². The smallest absolute Gasteiger partial charge is 0.267 e. The quantitative estimate of drug-likeness (QED) is 0.227. The number of aliphatic imine (C=N–C) groups is 1. The minimum absolute atomic E-state index is 0.0420. The number of nitrogens with two attached hydrogens (primary N) is 1. The normalized spacial score (nSPS) is 13.7. The van der Waals surface area contributed by atoms with Gasteiger partial charge in [0.2, 0.25) is 5.91 Å². The maximum atomic E-state index is 12.6. The zero-order valence-electron chi connectivity index (χ0n) is 20.6. The third kappa shape index (κ3) is 6.71. The predicted molar refractivity (Wildman–Crippen MR) is 140 cm³/mol. The van der Waals surface area contributed by atoms with Crippen molar-refractivity contribution in [3.8, 4) is 0 Å². The lowest BCUT2D eigenvalue weighted by molar-refractivity contribution is -0.117. The number of carbonyl (C=O) groups excluding carboxylic acids is 2. The van der Waals surface area contributed by atoms with Gasteiger partial charge < -0.3 is 10.6 Å². The summed E-state index contributed by atoms with van der Waals surface area (Å²) in [7, 11) is 1.64. The highest BCUT2D eigenvalue weighted by atomic mass is 16.2. The van der Waals surface area contributed by atoms with Crippen LogP contribution >= 0.6 is 0 Å². The van der Waals surface area contributed by atoms with E-state index < -0.39 is 11.9 Å². The van der Waals surface area contributed by atoms with Crippen LogP contribution in [0.3, 0.4) is 0 Å². The number of hydrogen-bond acceptors (Lipinski definition) is 6. The van der Waals surface area contributed by atoms with Gasteiger partial charge in [0.05, 0.1) is 12.6 Å². The number of carbonyl (C=O) groups is 2. The molecule has 2 amide bonds. The summed E-state index contributed by atoms with van der Waals surface area (Å²) in [4.78, 5) is 29.3. The molecule has 0 saturated heterocycles. The number of fused-ring (bicyclic) bond motifs is 1. The summed E-state index contributed by atoms with van der Waals surface area (Å²) in [6, 6.07) is 15.5. The molecule has 0 radical (unpaired) electrons. The number of hydrogen-bond donors (Lipinski definition) is 4. The number of hydrazine groups is 1. The minimum atomic E-state index is -0.515. The molecule has 184 valence electrons. The fourth-order valence-electron chi connectivity index (χ4n) is 4.09. The Kier molecular flexibility index (Phi) is 9.05. The van der Waals surface area contributed by atoms with E-state index in [0.29, 0.717) is 19.5 Å². The van der Waals surface area contributed by atoms with Crippen molar-refractivity contribution >= 4 is 29.3 Å². The zero-order chi connectivity index (χ0) is 25.4. The molecule has 3 rings (SSSR count). The first-order chi connectivity index (χ1) is 16.8. The number of amides is 2. The standard InChI is InChI=1S/C27H34N6O2/c1-4-19-9-11-20(12-10-19)25(16-30-3)32-27(35)24(28)17-33(29)14-13-31-26(34)23-15-21-7-5-6-8-22(21)18(23)2/h5-12,16,25,28H,4,13-15,17,29H2,1-3H3,(H,31,34)(H,32,35). The van der Waals surface area contributed by atoms with Gasteiger partial charge in [0.1, 0.15) is 5.71 Å². The molecule has 0 bridgehead atoms. The van der Waals surface area contributed by atoms with Crippen LogP contribution in [0.2, 0.25) is 0 Å². The van der Waals surface area contributed by atoms with E-state index in [9.17, 15) is 9.59 Å². The summed E-state index contributed by atoms with van der Waals surface area (Å²) in [6.45, 7) is 4.62. The van der Waals surface area contributed by atoms with Crippen LogP contribution in [0.25, 0.3) is 5.57 Å². The Morgan fingerprint density at radius 3 is 2.57 bits per heavy atom. The molecule has 5 N–H and O–H groups in total. The number of benzene rings is 2. The van der Waals surface area contributed by atoms with Gasteiger partial charge in [0.25, 0.3) is 5.91 Å². The van der Waals surface area contributed by atoms with Crippen molar-refractivity contribution in [2.45, 2.75) is 32.7 Å². The monoisotopic (exact) mass is 474 g/mol. The van der Waals surface area contributed by atoms with Crippen molar-refractivity contribution in [3.63, 3.8) is 0 Å². The van der Waals surface area contributed by atoms with Crippen molar-refractivity contribution in [3.05, 3.63) is 76.4 Å². The minimum Gasteiger partial charge on any atom is -0.351 e. The molecular formula is C27H34N6O2. The van der Waals surface area contributed by atoms with Gasteiger partial charge in [-0.15, -0.1) is 0 Å². The lowest BCUT2D eigenvalue weighted by Crippen LogP contribution is -2.46. The van der Waals surface area contributed by atoms with Crippen LogP contribution in [0, 0.1) is 5.41 Å². The molecule has 2 aromatic rings. The Morgan fingerprint density at radius 1 is 1.20 bits per heavy atom. The number of nitrogens with zero attached hydrogens (tertiary/aromatic N) is 2. The maximum absolute atomic E-state index is 12.6. The lowest BCUT2D eigenvalue weighted by atomic mass is 10.0. The van der Waals surface area contributed by atoms with Crippen LogP contribution in [-0.2, 0) is 22.4 Å². The molecule has 0 aliphatic heterocycles. The molecule has 2 aromatic carbocycles.